The zero-order chi connectivity index (χ0) is 21.4. The van der Waals surface area contributed by atoms with Crippen molar-refractivity contribution in [2.45, 2.75) is 51.7 Å². The summed E-state index contributed by atoms with van der Waals surface area (Å²) in [6.45, 7) is 4.27. The van der Waals surface area contributed by atoms with E-state index < -0.39 is 30.1 Å². The van der Waals surface area contributed by atoms with Gasteiger partial charge in [0.1, 0.15) is 11.4 Å². The first-order chi connectivity index (χ1) is 13.4. The summed E-state index contributed by atoms with van der Waals surface area (Å²) in [6.07, 6.45) is -1.33. The zero-order valence-electron chi connectivity index (χ0n) is 16.6. The highest BCUT2D eigenvalue weighted by atomic mass is 19.4. The summed E-state index contributed by atoms with van der Waals surface area (Å²) in [6, 6.07) is 0.687. The van der Waals surface area contributed by atoms with Crippen LogP contribution in [0.5, 0.6) is 5.75 Å². The first-order valence-electron chi connectivity index (χ1n) is 9.18. The second kappa shape index (κ2) is 7.60. The molecule has 1 fully saturated rings. The third kappa shape index (κ3) is 5.42. The van der Waals surface area contributed by atoms with Gasteiger partial charge in [-0.15, -0.1) is 10.2 Å². The topological polar surface area (TPSA) is 94.8 Å². The molecule has 8 nitrogen and oxygen atoms in total. The normalized spacial score (nSPS) is 15.8. The van der Waals surface area contributed by atoms with Crippen LogP contribution in [0, 0.1) is 5.41 Å². The quantitative estimate of drug-likeness (QED) is 0.784. The summed E-state index contributed by atoms with van der Waals surface area (Å²) in [7, 11) is 1.61. The number of alkyl halides is 3. The molecule has 0 unspecified atom stereocenters. The van der Waals surface area contributed by atoms with Gasteiger partial charge in [-0.2, -0.15) is 18.0 Å². The van der Waals surface area contributed by atoms with Crippen LogP contribution in [0.15, 0.2) is 12.3 Å². The van der Waals surface area contributed by atoms with E-state index in [4.69, 9.17) is 4.74 Å². The maximum Gasteiger partial charge on any atom is 0.422 e. The van der Waals surface area contributed by atoms with Crippen LogP contribution in [-0.2, 0) is 7.05 Å². The number of hydrogen-bond acceptors (Lipinski definition) is 6. The van der Waals surface area contributed by atoms with Crippen molar-refractivity contribution in [2.24, 2.45) is 12.5 Å². The molecule has 2 aromatic rings. The molecule has 1 N–H and O–H groups in total. The molecule has 11 heteroatoms. The maximum absolute atomic E-state index is 12.8. The van der Waals surface area contributed by atoms with Crippen molar-refractivity contribution in [3.05, 3.63) is 29.3 Å². The maximum atomic E-state index is 12.8. The summed E-state index contributed by atoms with van der Waals surface area (Å²) in [5.74, 6) is -0.0723. The third-order valence-corrected chi connectivity index (χ3v) is 4.46. The molecule has 1 aliphatic rings. The van der Waals surface area contributed by atoms with Crippen molar-refractivity contribution in [1.29, 1.82) is 0 Å². The van der Waals surface area contributed by atoms with Gasteiger partial charge in [0, 0.05) is 17.8 Å². The zero-order valence-corrected chi connectivity index (χ0v) is 16.6. The molecule has 29 heavy (non-hydrogen) atoms. The second-order valence-electron chi connectivity index (χ2n) is 8.20. The first-order valence-corrected chi connectivity index (χ1v) is 9.18. The number of amides is 1. The minimum Gasteiger partial charge on any atom is -0.484 e. The molecule has 2 aromatic heterocycles. The number of tetrazole rings is 1. The molecule has 0 spiro atoms. The van der Waals surface area contributed by atoms with Crippen molar-refractivity contribution in [2.75, 3.05) is 6.61 Å². The highest BCUT2D eigenvalue weighted by Crippen LogP contribution is 2.44. The Kier molecular flexibility index (Phi) is 5.50. The van der Waals surface area contributed by atoms with E-state index in [1.54, 1.807) is 7.05 Å². The molecule has 1 amide bonds. The standard InChI is InChI=1S/C18H23F3N6O2/c1-17(2,3)14(15-24-26-27(4)25-15)23-16(28)12-7-13(29-9-18(19,20)21)11(8-22-12)10-5-6-10/h7-8,10,14H,5-6,9H2,1-4H3,(H,23,28)/t14-/m1/s1. The molecule has 0 radical (unpaired) electrons. The lowest BCUT2D eigenvalue weighted by Gasteiger charge is -2.28. The monoisotopic (exact) mass is 412 g/mol. The van der Waals surface area contributed by atoms with E-state index in [0.717, 1.165) is 12.8 Å². The van der Waals surface area contributed by atoms with Crippen molar-refractivity contribution >= 4 is 5.91 Å². The largest absolute Gasteiger partial charge is 0.484 e. The lowest BCUT2D eigenvalue weighted by molar-refractivity contribution is -0.153. The fourth-order valence-electron chi connectivity index (χ4n) is 2.84. The van der Waals surface area contributed by atoms with E-state index >= 15 is 0 Å². The Balaban J connectivity index is 1.83. The summed E-state index contributed by atoms with van der Waals surface area (Å²) in [5, 5.41) is 14.7. The molecule has 2 heterocycles. The van der Waals surface area contributed by atoms with Gasteiger partial charge in [-0.25, -0.2) is 0 Å². The second-order valence-corrected chi connectivity index (χ2v) is 8.20. The van der Waals surface area contributed by atoms with E-state index in [1.165, 1.54) is 17.1 Å². The highest BCUT2D eigenvalue weighted by molar-refractivity contribution is 5.93. The predicted molar refractivity (Wildman–Crippen MR) is 96.2 cm³/mol. The molecule has 0 saturated heterocycles. The van der Waals surface area contributed by atoms with Crippen LogP contribution < -0.4 is 10.1 Å². The van der Waals surface area contributed by atoms with Gasteiger partial charge in [0.15, 0.2) is 12.4 Å². The fourth-order valence-corrected chi connectivity index (χ4v) is 2.84. The smallest absolute Gasteiger partial charge is 0.422 e. The van der Waals surface area contributed by atoms with Crippen molar-refractivity contribution in [3.63, 3.8) is 0 Å². The van der Waals surface area contributed by atoms with Crippen LogP contribution in [0.25, 0.3) is 0 Å². The Morgan fingerprint density at radius 1 is 1.34 bits per heavy atom. The Hall–Kier alpha value is -2.72. The fraction of sp³-hybridized carbons (Fsp3) is 0.611. The van der Waals surface area contributed by atoms with Crippen LogP contribution in [0.3, 0.4) is 0 Å². The highest BCUT2D eigenvalue weighted by Gasteiger charge is 2.34. The Morgan fingerprint density at radius 2 is 2.03 bits per heavy atom. The third-order valence-electron chi connectivity index (χ3n) is 4.46. The molecule has 0 aromatic carbocycles. The number of rotatable bonds is 6. The van der Waals surface area contributed by atoms with E-state index in [-0.39, 0.29) is 17.4 Å². The van der Waals surface area contributed by atoms with Crippen LogP contribution >= 0.6 is 0 Å². The van der Waals surface area contributed by atoms with Gasteiger partial charge in [0.25, 0.3) is 5.91 Å². The van der Waals surface area contributed by atoms with E-state index in [9.17, 15) is 18.0 Å². The Labute approximate surface area is 165 Å². The van der Waals surface area contributed by atoms with Crippen molar-refractivity contribution in [3.8, 4) is 5.75 Å². The Bertz CT molecular complexity index is 886. The number of nitrogens with zero attached hydrogens (tertiary/aromatic N) is 5. The first kappa shape index (κ1) is 21.0. The molecule has 1 aliphatic carbocycles. The van der Waals surface area contributed by atoms with Crippen molar-refractivity contribution in [1.82, 2.24) is 30.5 Å². The number of nitrogens with one attached hydrogen (secondary N) is 1. The lowest BCUT2D eigenvalue weighted by Crippen LogP contribution is -2.37. The van der Waals surface area contributed by atoms with Crippen molar-refractivity contribution < 1.29 is 22.7 Å². The molecular formula is C18H23F3N6O2. The number of ether oxygens (including phenoxy) is 1. The summed E-state index contributed by atoms with van der Waals surface area (Å²) >= 11 is 0. The van der Waals surface area contributed by atoms with E-state index in [0.29, 0.717) is 11.4 Å². The van der Waals surface area contributed by atoms with Gasteiger partial charge in [0.05, 0.1) is 13.1 Å². The summed E-state index contributed by atoms with van der Waals surface area (Å²) < 4.78 is 42.8. The Morgan fingerprint density at radius 3 is 2.55 bits per heavy atom. The molecule has 0 aliphatic heterocycles. The number of carbonyl (C=O) groups excluding carboxylic acids is 1. The van der Waals surface area contributed by atoms with Crippen LogP contribution in [0.4, 0.5) is 13.2 Å². The molecule has 158 valence electrons. The van der Waals surface area contributed by atoms with E-state index in [1.807, 2.05) is 20.8 Å². The number of aromatic nitrogens is 5. The predicted octanol–water partition coefficient (Wildman–Crippen LogP) is 2.94. The van der Waals surface area contributed by atoms with Gasteiger partial charge in [-0.1, -0.05) is 20.8 Å². The molecular weight excluding hydrogens is 389 g/mol. The summed E-state index contributed by atoms with van der Waals surface area (Å²) in [5.41, 5.74) is 0.112. The average Bonchev–Trinajstić information content (AvgIpc) is 3.37. The van der Waals surface area contributed by atoms with Gasteiger partial charge >= 0.3 is 6.18 Å². The lowest BCUT2D eigenvalue weighted by atomic mass is 9.86. The minimum atomic E-state index is -4.47. The number of pyridine rings is 1. The minimum absolute atomic E-state index is 0.0370. The number of aryl methyl sites for hydroxylation is 1. The number of hydrogen-bond donors (Lipinski definition) is 1. The molecule has 3 rings (SSSR count). The van der Waals surface area contributed by atoms with Gasteiger partial charge < -0.3 is 10.1 Å². The number of halogens is 3. The van der Waals surface area contributed by atoms with Crippen LogP contribution in [0.2, 0.25) is 0 Å². The van der Waals surface area contributed by atoms with Gasteiger partial charge in [-0.3, -0.25) is 9.78 Å². The van der Waals surface area contributed by atoms with Gasteiger partial charge in [0.2, 0.25) is 0 Å². The van der Waals surface area contributed by atoms with Gasteiger partial charge in [-0.05, 0) is 29.4 Å². The molecule has 0 bridgehead atoms. The molecule has 1 atom stereocenters. The SMILES string of the molecule is Cn1nnc([C@@H](NC(=O)c2cc(OCC(F)(F)F)c(C3CC3)cn2)C(C)(C)C)n1. The van der Waals surface area contributed by atoms with Crippen LogP contribution in [0.1, 0.15) is 67.4 Å². The average molecular weight is 412 g/mol. The van der Waals surface area contributed by atoms with E-state index in [2.05, 4.69) is 25.7 Å². The molecule has 1 saturated carbocycles. The van der Waals surface area contributed by atoms with Crippen LogP contribution in [-0.4, -0.2) is 43.9 Å². The number of carbonyl (C=O) groups is 1. The summed E-state index contributed by atoms with van der Waals surface area (Å²) in [4.78, 5) is 18.2.